The molecule has 1 aromatic heterocycles. The molecule has 0 saturated carbocycles. The van der Waals surface area contributed by atoms with E-state index in [1.165, 1.54) is 0 Å². The van der Waals surface area contributed by atoms with Crippen molar-refractivity contribution in [2.24, 2.45) is 5.73 Å². The van der Waals surface area contributed by atoms with Crippen LogP contribution in [0.1, 0.15) is 5.56 Å². The number of H-pyrrole nitrogens is 1. The molecule has 3 N–H and O–H groups in total. The van der Waals surface area contributed by atoms with E-state index in [2.05, 4.69) is 5.10 Å². The first-order chi connectivity index (χ1) is 10.3. The Bertz CT molecular complexity index is 773. The average molecular weight is 279 g/mol. The van der Waals surface area contributed by atoms with E-state index < -0.39 is 0 Å². The number of aromatic amines is 1. The van der Waals surface area contributed by atoms with Crippen LogP contribution in [0.4, 0.5) is 0 Å². The maximum Gasteiger partial charge on any atom is 0.275 e. The molecule has 0 fully saturated rings. The molecule has 0 atom stereocenters. The lowest BCUT2D eigenvalue weighted by molar-refractivity contribution is 0.846. The molecule has 0 radical (unpaired) electrons. The Labute approximate surface area is 122 Å². The Morgan fingerprint density at radius 1 is 0.952 bits per heavy atom. The molecule has 106 valence electrons. The second-order valence-electron chi connectivity index (χ2n) is 4.85. The van der Waals surface area contributed by atoms with E-state index in [4.69, 9.17) is 5.73 Å². The zero-order valence-electron chi connectivity index (χ0n) is 11.6. The highest BCUT2D eigenvalue weighted by Crippen LogP contribution is 2.20. The lowest BCUT2D eigenvalue weighted by atomic mass is 10.1. The summed E-state index contributed by atoms with van der Waals surface area (Å²) in [6.45, 7) is 0.446. The van der Waals surface area contributed by atoms with Crippen LogP contribution in [-0.2, 0) is 6.42 Å². The maximum absolute atomic E-state index is 12.6. The molecule has 3 aromatic rings. The van der Waals surface area contributed by atoms with Crippen molar-refractivity contribution in [3.8, 4) is 16.9 Å². The molecule has 1 heterocycles. The van der Waals surface area contributed by atoms with Crippen LogP contribution in [0, 0.1) is 0 Å². The maximum atomic E-state index is 12.6. The molecule has 0 unspecified atom stereocenters. The first-order valence-electron chi connectivity index (χ1n) is 6.96. The lowest BCUT2D eigenvalue weighted by Crippen LogP contribution is -2.19. The summed E-state index contributed by atoms with van der Waals surface area (Å²) in [6.07, 6.45) is 0.555. The van der Waals surface area contributed by atoms with Crippen LogP contribution in [0.25, 0.3) is 16.9 Å². The van der Waals surface area contributed by atoms with E-state index in [1.54, 1.807) is 4.68 Å². The Balaban J connectivity index is 2.19. The highest BCUT2D eigenvalue weighted by atomic mass is 16.1. The number of rotatable bonds is 4. The number of nitrogens with one attached hydrogen (secondary N) is 1. The summed E-state index contributed by atoms with van der Waals surface area (Å²) in [4.78, 5) is 12.6. The topological polar surface area (TPSA) is 63.8 Å². The molecule has 2 aromatic carbocycles. The normalized spacial score (nSPS) is 10.7. The summed E-state index contributed by atoms with van der Waals surface area (Å²) < 4.78 is 1.58. The summed E-state index contributed by atoms with van der Waals surface area (Å²) >= 11 is 0. The molecule has 0 saturated heterocycles. The highest BCUT2D eigenvalue weighted by molar-refractivity contribution is 5.63. The van der Waals surface area contributed by atoms with Crippen molar-refractivity contribution in [2.75, 3.05) is 6.54 Å². The molecule has 0 bridgehead atoms. The van der Waals surface area contributed by atoms with Gasteiger partial charge >= 0.3 is 0 Å². The summed E-state index contributed by atoms with van der Waals surface area (Å²) in [7, 11) is 0. The molecule has 4 nitrogen and oxygen atoms in total. The second-order valence-corrected chi connectivity index (χ2v) is 4.85. The van der Waals surface area contributed by atoms with E-state index in [9.17, 15) is 4.79 Å². The van der Waals surface area contributed by atoms with Crippen LogP contribution in [0.2, 0.25) is 0 Å². The van der Waals surface area contributed by atoms with Crippen LogP contribution in [0.15, 0.2) is 65.5 Å². The summed E-state index contributed by atoms with van der Waals surface area (Å²) in [5, 5.41) is 3.22. The predicted molar refractivity (Wildman–Crippen MR) is 84.6 cm³/mol. The number of nitrogens with zero attached hydrogens (tertiary/aromatic N) is 1. The Hall–Kier alpha value is -2.59. The van der Waals surface area contributed by atoms with Crippen LogP contribution in [-0.4, -0.2) is 16.3 Å². The van der Waals surface area contributed by atoms with Gasteiger partial charge < -0.3 is 5.73 Å². The predicted octanol–water partition coefficient (Wildman–Crippen LogP) is 2.33. The van der Waals surface area contributed by atoms with Gasteiger partial charge in [-0.25, -0.2) is 4.68 Å². The van der Waals surface area contributed by atoms with Crippen molar-refractivity contribution in [1.82, 2.24) is 9.78 Å². The van der Waals surface area contributed by atoms with Crippen molar-refractivity contribution in [3.63, 3.8) is 0 Å². The van der Waals surface area contributed by atoms with Crippen molar-refractivity contribution in [2.45, 2.75) is 6.42 Å². The SMILES string of the molecule is NCCc1c(-c2ccccc2)[nH]n(-c2ccccc2)c1=O. The number of benzene rings is 2. The van der Waals surface area contributed by atoms with E-state index in [-0.39, 0.29) is 5.56 Å². The van der Waals surface area contributed by atoms with Gasteiger partial charge in [-0.3, -0.25) is 9.89 Å². The molecule has 0 amide bonds. The standard InChI is InChI=1S/C17H17N3O/c18-12-11-15-16(13-7-3-1-4-8-13)19-20(17(15)21)14-9-5-2-6-10-14/h1-10,19H,11-12,18H2. The fraction of sp³-hybridized carbons (Fsp3) is 0.118. The minimum absolute atomic E-state index is 0.0366. The minimum Gasteiger partial charge on any atom is -0.330 e. The molecule has 21 heavy (non-hydrogen) atoms. The molecule has 4 heteroatoms. The molecule has 0 aliphatic carbocycles. The monoisotopic (exact) mass is 279 g/mol. The second kappa shape index (κ2) is 5.81. The zero-order chi connectivity index (χ0) is 14.7. The van der Waals surface area contributed by atoms with Gasteiger partial charge in [0.25, 0.3) is 5.56 Å². The molecular formula is C17H17N3O. The quantitative estimate of drug-likeness (QED) is 0.770. The summed E-state index contributed by atoms with van der Waals surface area (Å²) in [5.74, 6) is 0. The molecule has 3 rings (SSSR count). The first kappa shape index (κ1) is 13.4. The molecule has 0 aliphatic heterocycles. The number of nitrogens with two attached hydrogens (primary N) is 1. The van der Waals surface area contributed by atoms with Gasteiger partial charge in [-0.05, 0) is 30.7 Å². The summed E-state index contributed by atoms with van der Waals surface area (Å²) in [6, 6.07) is 19.4. The fourth-order valence-electron chi connectivity index (χ4n) is 2.45. The third-order valence-corrected chi connectivity index (χ3v) is 3.46. The fourth-order valence-corrected chi connectivity index (χ4v) is 2.45. The zero-order valence-corrected chi connectivity index (χ0v) is 11.6. The van der Waals surface area contributed by atoms with Crippen LogP contribution in [0.3, 0.4) is 0 Å². The number of hydrogen-bond acceptors (Lipinski definition) is 2. The van der Waals surface area contributed by atoms with Crippen LogP contribution in [0.5, 0.6) is 0 Å². The highest BCUT2D eigenvalue weighted by Gasteiger charge is 2.15. The van der Waals surface area contributed by atoms with E-state index in [0.29, 0.717) is 13.0 Å². The largest absolute Gasteiger partial charge is 0.330 e. The third kappa shape index (κ3) is 2.53. The van der Waals surface area contributed by atoms with Crippen molar-refractivity contribution in [1.29, 1.82) is 0 Å². The van der Waals surface area contributed by atoms with Gasteiger partial charge in [0.15, 0.2) is 0 Å². The van der Waals surface area contributed by atoms with Gasteiger partial charge in [-0.1, -0.05) is 48.5 Å². The van der Waals surface area contributed by atoms with Gasteiger partial charge in [0, 0.05) is 5.56 Å². The molecule has 0 aliphatic rings. The van der Waals surface area contributed by atoms with Gasteiger partial charge in [0.2, 0.25) is 0 Å². The van der Waals surface area contributed by atoms with E-state index >= 15 is 0 Å². The van der Waals surface area contributed by atoms with Crippen molar-refractivity contribution < 1.29 is 0 Å². The van der Waals surface area contributed by atoms with Gasteiger partial charge in [0.1, 0.15) is 0 Å². The van der Waals surface area contributed by atoms with Gasteiger partial charge in [0.05, 0.1) is 11.4 Å². The Morgan fingerprint density at radius 2 is 1.57 bits per heavy atom. The van der Waals surface area contributed by atoms with E-state index in [0.717, 1.165) is 22.5 Å². The number of para-hydroxylation sites is 1. The van der Waals surface area contributed by atoms with Crippen molar-refractivity contribution >= 4 is 0 Å². The molecular weight excluding hydrogens is 262 g/mol. The summed E-state index contributed by atoms with van der Waals surface area (Å²) in [5.41, 5.74) is 9.01. The van der Waals surface area contributed by atoms with Crippen molar-refractivity contribution in [3.05, 3.63) is 76.6 Å². The average Bonchev–Trinajstić information content (AvgIpc) is 2.87. The lowest BCUT2D eigenvalue weighted by Gasteiger charge is -2.02. The Morgan fingerprint density at radius 3 is 2.19 bits per heavy atom. The Kier molecular flexibility index (Phi) is 3.71. The van der Waals surface area contributed by atoms with Gasteiger partial charge in [-0.15, -0.1) is 0 Å². The van der Waals surface area contributed by atoms with Gasteiger partial charge in [-0.2, -0.15) is 0 Å². The smallest absolute Gasteiger partial charge is 0.275 e. The van der Waals surface area contributed by atoms with E-state index in [1.807, 2.05) is 60.7 Å². The van der Waals surface area contributed by atoms with Crippen LogP contribution < -0.4 is 11.3 Å². The number of hydrogen-bond donors (Lipinski definition) is 2. The first-order valence-corrected chi connectivity index (χ1v) is 6.96. The number of aromatic nitrogens is 2. The third-order valence-electron chi connectivity index (χ3n) is 3.46. The molecule has 0 spiro atoms. The van der Waals surface area contributed by atoms with Crippen LogP contribution >= 0.6 is 0 Å². The minimum atomic E-state index is -0.0366.